The monoisotopic (exact) mass is 368 g/mol. The van der Waals surface area contributed by atoms with Gasteiger partial charge >= 0.3 is 0 Å². The van der Waals surface area contributed by atoms with Gasteiger partial charge in [-0.15, -0.1) is 0 Å². The average molecular weight is 369 g/mol. The van der Waals surface area contributed by atoms with Gasteiger partial charge in [0.1, 0.15) is 0 Å². The maximum absolute atomic E-state index is 12.7. The van der Waals surface area contributed by atoms with Gasteiger partial charge < -0.3 is 4.90 Å². The maximum Gasteiger partial charge on any atom is 0.225 e. The molecule has 0 saturated carbocycles. The highest BCUT2D eigenvalue weighted by Gasteiger charge is 2.35. The summed E-state index contributed by atoms with van der Waals surface area (Å²) in [6, 6.07) is 0.150. The number of likely N-dealkylation sites (tertiary alicyclic amines) is 1. The number of sulfone groups is 1. The van der Waals surface area contributed by atoms with Crippen molar-refractivity contribution in [2.24, 2.45) is 13.0 Å². The lowest BCUT2D eigenvalue weighted by Crippen LogP contribution is -2.45. The van der Waals surface area contributed by atoms with E-state index >= 15 is 0 Å². The van der Waals surface area contributed by atoms with Crippen LogP contribution in [-0.2, 0) is 28.2 Å². The van der Waals surface area contributed by atoms with E-state index in [2.05, 4.69) is 10.00 Å². The van der Waals surface area contributed by atoms with Crippen LogP contribution in [0.25, 0.3) is 0 Å². The molecule has 1 amide bonds. The lowest BCUT2D eigenvalue weighted by molar-refractivity contribution is -0.136. The van der Waals surface area contributed by atoms with Gasteiger partial charge in [0, 0.05) is 44.4 Å². The molecule has 2 aliphatic heterocycles. The average Bonchev–Trinajstić information content (AvgIpc) is 3.08. The lowest BCUT2D eigenvalue weighted by atomic mass is 9.94. The van der Waals surface area contributed by atoms with E-state index < -0.39 is 9.84 Å². The Balaban J connectivity index is 1.52. The molecule has 0 unspecified atom stereocenters. The Hall–Kier alpha value is -1.41. The number of aromatic nitrogens is 2. The first kappa shape index (κ1) is 18.4. The second kappa shape index (κ2) is 7.07. The zero-order chi connectivity index (χ0) is 18.2. The van der Waals surface area contributed by atoms with Gasteiger partial charge in [0.05, 0.1) is 17.2 Å². The summed E-state index contributed by atoms with van der Waals surface area (Å²) in [5, 5.41) is 4.32. The van der Waals surface area contributed by atoms with Crippen LogP contribution in [0.3, 0.4) is 0 Å². The molecular formula is C17H28N4O3S. The van der Waals surface area contributed by atoms with Crippen molar-refractivity contribution in [1.29, 1.82) is 0 Å². The molecule has 1 aromatic heterocycles. The van der Waals surface area contributed by atoms with Crippen LogP contribution in [0.5, 0.6) is 0 Å². The molecule has 1 atom stereocenters. The van der Waals surface area contributed by atoms with Crippen LogP contribution >= 0.6 is 0 Å². The lowest BCUT2D eigenvalue weighted by Gasteiger charge is -2.36. The van der Waals surface area contributed by atoms with E-state index in [-0.39, 0.29) is 23.6 Å². The van der Waals surface area contributed by atoms with Crippen LogP contribution in [0.4, 0.5) is 0 Å². The van der Waals surface area contributed by atoms with Gasteiger partial charge in [0.25, 0.3) is 0 Å². The Kier molecular flexibility index (Phi) is 5.20. The van der Waals surface area contributed by atoms with Crippen LogP contribution in [0.15, 0.2) is 6.20 Å². The molecule has 0 spiro atoms. The molecule has 8 heteroatoms. The number of piperidine rings is 1. The minimum absolute atomic E-state index is 0.0382. The van der Waals surface area contributed by atoms with Crippen molar-refractivity contribution in [2.75, 3.05) is 31.6 Å². The first-order chi connectivity index (χ1) is 11.7. The fourth-order valence-corrected chi connectivity index (χ4v) is 5.79. The fraction of sp³-hybridized carbons (Fsp3) is 0.765. The zero-order valence-corrected chi connectivity index (χ0v) is 16.1. The maximum atomic E-state index is 12.7. The molecule has 0 bridgehead atoms. The molecule has 1 aromatic rings. The Morgan fingerprint density at radius 2 is 2.00 bits per heavy atom. The summed E-state index contributed by atoms with van der Waals surface area (Å²) in [5.41, 5.74) is 2.03. The van der Waals surface area contributed by atoms with Crippen molar-refractivity contribution in [3.63, 3.8) is 0 Å². The smallest absolute Gasteiger partial charge is 0.225 e. The first-order valence-electron chi connectivity index (χ1n) is 8.94. The largest absolute Gasteiger partial charge is 0.341 e. The summed E-state index contributed by atoms with van der Waals surface area (Å²) in [7, 11) is 0.889. The number of carbonyl (C=O) groups is 1. The third-order valence-electron chi connectivity index (χ3n) is 5.50. The van der Waals surface area contributed by atoms with Gasteiger partial charge in [-0.2, -0.15) is 5.10 Å². The van der Waals surface area contributed by atoms with Gasteiger partial charge in [0.15, 0.2) is 9.84 Å². The summed E-state index contributed by atoms with van der Waals surface area (Å²) < 4.78 is 25.1. The molecule has 2 aliphatic rings. The molecule has 2 saturated heterocycles. The number of aryl methyl sites for hydroxylation is 2. The molecule has 0 radical (unpaired) electrons. The Morgan fingerprint density at radius 1 is 1.32 bits per heavy atom. The predicted octanol–water partition coefficient (Wildman–Crippen LogP) is 0.586. The van der Waals surface area contributed by atoms with Crippen molar-refractivity contribution in [3.05, 3.63) is 17.5 Å². The highest BCUT2D eigenvalue weighted by molar-refractivity contribution is 7.91. The number of nitrogens with zero attached hydrogens (tertiary/aromatic N) is 4. The highest BCUT2D eigenvalue weighted by atomic mass is 32.2. The Labute approximate surface area is 149 Å². The molecule has 0 N–H and O–H groups in total. The van der Waals surface area contributed by atoms with E-state index in [9.17, 15) is 13.2 Å². The standard InChI is InChI=1S/C17H28N4O3S/c1-13-15(11-20(3)18-13)10-19(2)17(22)14-4-7-21(8-5-14)16-6-9-25(23,24)12-16/h11,14,16H,4-10,12H2,1-3H3/t16-/m0/s1. The summed E-state index contributed by atoms with van der Waals surface area (Å²) in [6.45, 7) is 4.17. The highest BCUT2D eigenvalue weighted by Crippen LogP contribution is 2.25. The normalized spacial score (nSPS) is 24.5. The van der Waals surface area contributed by atoms with Gasteiger partial charge in [-0.05, 0) is 39.3 Å². The van der Waals surface area contributed by atoms with E-state index in [1.54, 1.807) is 9.58 Å². The van der Waals surface area contributed by atoms with E-state index in [4.69, 9.17) is 0 Å². The second-order valence-electron chi connectivity index (χ2n) is 7.47. The van der Waals surface area contributed by atoms with Gasteiger partial charge in [-0.25, -0.2) is 8.42 Å². The predicted molar refractivity (Wildman–Crippen MR) is 95.8 cm³/mol. The number of hydrogen-bond donors (Lipinski definition) is 0. The molecule has 0 aromatic carbocycles. The van der Waals surface area contributed by atoms with Gasteiger partial charge in [-0.1, -0.05) is 0 Å². The van der Waals surface area contributed by atoms with Crippen LogP contribution in [-0.4, -0.2) is 71.6 Å². The quantitative estimate of drug-likeness (QED) is 0.777. The molecule has 25 heavy (non-hydrogen) atoms. The summed E-state index contributed by atoms with van der Waals surface area (Å²) >= 11 is 0. The second-order valence-corrected chi connectivity index (χ2v) is 9.70. The van der Waals surface area contributed by atoms with Crippen molar-refractivity contribution < 1.29 is 13.2 Å². The molecule has 140 valence electrons. The van der Waals surface area contributed by atoms with E-state index in [1.165, 1.54) is 0 Å². The topological polar surface area (TPSA) is 75.5 Å². The van der Waals surface area contributed by atoms with Crippen LogP contribution < -0.4 is 0 Å². The van der Waals surface area contributed by atoms with Gasteiger partial charge in [0.2, 0.25) is 5.91 Å². The third-order valence-corrected chi connectivity index (χ3v) is 7.25. The number of rotatable bonds is 4. The first-order valence-corrected chi connectivity index (χ1v) is 10.8. The minimum Gasteiger partial charge on any atom is -0.341 e. The molecule has 0 aliphatic carbocycles. The van der Waals surface area contributed by atoms with E-state index in [0.717, 1.165) is 43.6 Å². The van der Waals surface area contributed by atoms with Crippen molar-refractivity contribution in [2.45, 2.75) is 38.8 Å². The van der Waals surface area contributed by atoms with Gasteiger partial charge in [-0.3, -0.25) is 14.4 Å². The SMILES string of the molecule is Cc1nn(C)cc1CN(C)C(=O)C1CCN([C@H]2CCS(=O)(=O)C2)CC1. The van der Waals surface area contributed by atoms with Crippen molar-refractivity contribution in [3.8, 4) is 0 Å². The minimum atomic E-state index is -2.85. The van der Waals surface area contributed by atoms with E-state index in [1.807, 2.05) is 27.2 Å². The number of amides is 1. The molecule has 3 rings (SSSR count). The molecule has 2 fully saturated rings. The number of hydrogen-bond acceptors (Lipinski definition) is 5. The fourth-order valence-electron chi connectivity index (χ4n) is 4.02. The number of carbonyl (C=O) groups excluding carboxylic acids is 1. The van der Waals surface area contributed by atoms with Crippen molar-refractivity contribution in [1.82, 2.24) is 19.6 Å². The molecule has 3 heterocycles. The van der Waals surface area contributed by atoms with Crippen LogP contribution in [0, 0.1) is 12.8 Å². The third kappa shape index (κ3) is 4.23. The Bertz CT molecular complexity index is 735. The summed E-state index contributed by atoms with van der Waals surface area (Å²) in [6.07, 6.45) is 4.32. The Morgan fingerprint density at radius 3 is 2.52 bits per heavy atom. The summed E-state index contributed by atoms with van der Waals surface area (Å²) in [4.78, 5) is 16.8. The summed E-state index contributed by atoms with van der Waals surface area (Å²) in [5.74, 6) is 0.813. The molecular weight excluding hydrogens is 340 g/mol. The van der Waals surface area contributed by atoms with Crippen LogP contribution in [0.1, 0.15) is 30.5 Å². The molecule has 7 nitrogen and oxygen atoms in total. The van der Waals surface area contributed by atoms with Crippen molar-refractivity contribution >= 4 is 15.7 Å². The van der Waals surface area contributed by atoms with E-state index in [0.29, 0.717) is 12.3 Å². The van der Waals surface area contributed by atoms with Crippen LogP contribution in [0.2, 0.25) is 0 Å². The zero-order valence-electron chi connectivity index (χ0n) is 15.3.